The largest absolute Gasteiger partial charge is 0.497 e. The monoisotopic (exact) mass is 507 g/mol. The third-order valence-corrected chi connectivity index (χ3v) is 8.76. The van der Waals surface area contributed by atoms with Gasteiger partial charge in [-0.25, -0.2) is 8.42 Å². The van der Waals surface area contributed by atoms with Gasteiger partial charge in [-0.1, -0.05) is 0 Å². The van der Waals surface area contributed by atoms with E-state index in [1.807, 2.05) is 50.3 Å². The van der Waals surface area contributed by atoms with E-state index >= 15 is 0 Å². The molecule has 9 heteroatoms. The topological polar surface area (TPSA) is 81.1 Å². The van der Waals surface area contributed by atoms with E-state index in [1.54, 1.807) is 37.3 Å². The fraction of sp³-hybridized carbons (Fsp3) is 0.296. The van der Waals surface area contributed by atoms with Gasteiger partial charge in [0.1, 0.15) is 5.75 Å². The van der Waals surface area contributed by atoms with E-state index in [-0.39, 0.29) is 10.8 Å². The summed E-state index contributed by atoms with van der Waals surface area (Å²) in [6.07, 6.45) is 1.86. The van der Waals surface area contributed by atoms with Crippen molar-refractivity contribution >= 4 is 33.3 Å². The van der Waals surface area contributed by atoms with Gasteiger partial charge in [0.15, 0.2) is 0 Å². The summed E-state index contributed by atoms with van der Waals surface area (Å²) in [5.41, 5.74) is 5.67. The SMILES string of the molecule is COc1ccc(-n2c(C)cc(C=C3C(=O)N(C)c4ccc(S(=O)(=O)N5CCOCC5)cc43)c2C)cc1. The zero-order valence-electron chi connectivity index (χ0n) is 20.8. The van der Waals surface area contributed by atoms with E-state index in [1.165, 1.54) is 4.31 Å². The molecule has 0 bridgehead atoms. The first-order chi connectivity index (χ1) is 17.2. The van der Waals surface area contributed by atoms with Crippen molar-refractivity contribution in [1.29, 1.82) is 0 Å². The van der Waals surface area contributed by atoms with Crippen LogP contribution in [0.15, 0.2) is 53.4 Å². The van der Waals surface area contributed by atoms with Crippen molar-refractivity contribution in [1.82, 2.24) is 8.87 Å². The fourth-order valence-electron chi connectivity index (χ4n) is 4.88. The van der Waals surface area contributed by atoms with Crippen LogP contribution >= 0.6 is 0 Å². The summed E-state index contributed by atoms with van der Waals surface area (Å²) in [6.45, 7) is 5.41. The average Bonchev–Trinajstić information content (AvgIpc) is 3.31. The van der Waals surface area contributed by atoms with Crippen molar-refractivity contribution in [2.24, 2.45) is 0 Å². The molecule has 0 radical (unpaired) electrons. The number of likely N-dealkylation sites (N-methyl/N-ethyl adjacent to an activating group) is 1. The minimum Gasteiger partial charge on any atom is -0.497 e. The Balaban J connectivity index is 1.57. The van der Waals surface area contributed by atoms with Gasteiger partial charge in [0.25, 0.3) is 5.91 Å². The van der Waals surface area contributed by atoms with E-state index in [0.717, 1.165) is 28.4 Å². The molecule has 0 spiro atoms. The lowest BCUT2D eigenvalue weighted by Crippen LogP contribution is -2.40. The Morgan fingerprint density at radius 1 is 1.00 bits per heavy atom. The molecule has 1 aromatic heterocycles. The van der Waals surface area contributed by atoms with Gasteiger partial charge in [0.2, 0.25) is 10.0 Å². The van der Waals surface area contributed by atoms with Gasteiger partial charge in [-0.05, 0) is 74.0 Å². The van der Waals surface area contributed by atoms with Crippen molar-refractivity contribution in [2.75, 3.05) is 45.4 Å². The third-order valence-electron chi connectivity index (χ3n) is 6.86. The van der Waals surface area contributed by atoms with Gasteiger partial charge in [-0.2, -0.15) is 4.31 Å². The smallest absolute Gasteiger partial charge is 0.258 e. The van der Waals surface area contributed by atoms with E-state index in [2.05, 4.69) is 4.57 Å². The predicted octanol–water partition coefficient (Wildman–Crippen LogP) is 3.64. The molecule has 36 heavy (non-hydrogen) atoms. The lowest BCUT2D eigenvalue weighted by Gasteiger charge is -2.26. The number of carbonyl (C=O) groups is 1. The van der Waals surface area contributed by atoms with Crippen molar-refractivity contribution in [3.8, 4) is 11.4 Å². The number of aromatic nitrogens is 1. The number of rotatable bonds is 5. The van der Waals surface area contributed by atoms with Crippen molar-refractivity contribution < 1.29 is 22.7 Å². The minimum atomic E-state index is -3.69. The Kier molecular flexibility index (Phi) is 6.23. The fourth-order valence-corrected chi connectivity index (χ4v) is 6.32. The Bertz CT molecular complexity index is 1470. The van der Waals surface area contributed by atoms with Crippen LogP contribution in [0.3, 0.4) is 0 Å². The van der Waals surface area contributed by atoms with E-state index < -0.39 is 10.0 Å². The molecule has 1 amide bonds. The first-order valence-corrected chi connectivity index (χ1v) is 13.2. The maximum atomic E-state index is 13.3. The number of amides is 1. The van der Waals surface area contributed by atoms with Gasteiger partial charge in [-0.3, -0.25) is 4.79 Å². The number of morpholine rings is 1. The number of hydrogen-bond donors (Lipinski definition) is 0. The van der Waals surface area contributed by atoms with Gasteiger partial charge < -0.3 is 18.9 Å². The number of aryl methyl sites for hydroxylation is 1. The normalized spacial score (nSPS) is 17.6. The molecule has 0 atom stereocenters. The Hall–Kier alpha value is -3.40. The molecular formula is C27H29N3O5S. The molecule has 0 saturated carbocycles. The summed E-state index contributed by atoms with van der Waals surface area (Å²) < 4.78 is 40.7. The number of nitrogens with zero attached hydrogens (tertiary/aromatic N) is 3. The van der Waals surface area contributed by atoms with Crippen LogP contribution in [0, 0.1) is 13.8 Å². The lowest BCUT2D eigenvalue weighted by molar-refractivity contribution is -0.112. The zero-order valence-corrected chi connectivity index (χ0v) is 21.6. The summed E-state index contributed by atoms with van der Waals surface area (Å²) >= 11 is 0. The van der Waals surface area contributed by atoms with E-state index in [9.17, 15) is 13.2 Å². The van der Waals surface area contributed by atoms with E-state index in [4.69, 9.17) is 9.47 Å². The van der Waals surface area contributed by atoms with Gasteiger partial charge >= 0.3 is 0 Å². The molecule has 8 nitrogen and oxygen atoms in total. The first-order valence-electron chi connectivity index (χ1n) is 11.8. The molecule has 0 aliphatic carbocycles. The molecule has 3 aromatic rings. The Morgan fingerprint density at radius 2 is 1.69 bits per heavy atom. The molecule has 2 aliphatic heterocycles. The van der Waals surface area contributed by atoms with Crippen LogP contribution in [0.1, 0.15) is 22.5 Å². The molecule has 188 valence electrons. The molecule has 0 unspecified atom stereocenters. The van der Waals surface area contributed by atoms with Crippen LogP contribution in [0.4, 0.5) is 5.69 Å². The maximum Gasteiger partial charge on any atom is 0.258 e. The third kappa shape index (κ3) is 4.03. The average molecular weight is 508 g/mol. The Morgan fingerprint density at radius 3 is 2.36 bits per heavy atom. The second kappa shape index (κ2) is 9.24. The summed E-state index contributed by atoms with van der Waals surface area (Å²) in [7, 11) is -0.343. The van der Waals surface area contributed by atoms with Crippen LogP contribution in [-0.2, 0) is 19.6 Å². The number of fused-ring (bicyclic) bond motifs is 1. The molecular weight excluding hydrogens is 478 g/mol. The maximum absolute atomic E-state index is 13.3. The van der Waals surface area contributed by atoms with Crippen LogP contribution in [0.5, 0.6) is 5.75 Å². The van der Waals surface area contributed by atoms with Gasteiger partial charge in [0, 0.05) is 48.3 Å². The highest BCUT2D eigenvalue weighted by molar-refractivity contribution is 7.89. The summed E-state index contributed by atoms with van der Waals surface area (Å²) in [5.74, 6) is 0.614. The Labute approximate surface area is 211 Å². The molecule has 2 aliphatic rings. The van der Waals surface area contributed by atoms with Crippen LogP contribution in [0.2, 0.25) is 0 Å². The van der Waals surface area contributed by atoms with Crippen molar-refractivity contribution in [3.05, 3.63) is 71.0 Å². The molecule has 0 N–H and O–H groups in total. The predicted molar refractivity (Wildman–Crippen MR) is 139 cm³/mol. The molecule has 5 rings (SSSR count). The number of benzene rings is 2. The summed E-state index contributed by atoms with van der Waals surface area (Å²) in [5, 5.41) is 0. The van der Waals surface area contributed by atoms with E-state index in [0.29, 0.717) is 43.1 Å². The van der Waals surface area contributed by atoms with Crippen LogP contribution < -0.4 is 9.64 Å². The first kappa shape index (κ1) is 24.3. The number of carbonyl (C=O) groups excluding carboxylic acids is 1. The van der Waals surface area contributed by atoms with Crippen LogP contribution in [-0.4, -0.2) is 63.7 Å². The lowest BCUT2D eigenvalue weighted by atomic mass is 10.0. The number of ether oxygens (including phenoxy) is 2. The number of sulfonamides is 1. The molecule has 3 heterocycles. The van der Waals surface area contributed by atoms with Crippen molar-refractivity contribution in [2.45, 2.75) is 18.7 Å². The zero-order chi connectivity index (χ0) is 25.6. The van der Waals surface area contributed by atoms with Gasteiger partial charge in [-0.15, -0.1) is 0 Å². The number of hydrogen-bond acceptors (Lipinski definition) is 5. The second-order valence-corrected chi connectivity index (χ2v) is 10.9. The quantitative estimate of drug-likeness (QED) is 0.493. The molecule has 2 aromatic carbocycles. The number of anilines is 1. The molecule has 1 saturated heterocycles. The van der Waals surface area contributed by atoms with Crippen LogP contribution in [0.25, 0.3) is 17.3 Å². The second-order valence-electron chi connectivity index (χ2n) is 8.98. The highest BCUT2D eigenvalue weighted by Crippen LogP contribution is 2.39. The summed E-state index contributed by atoms with van der Waals surface area (Å²) in [4.78, 5) is 15.0. The van der Waals surface area contributed by atoms with Crippen molar-refractivity contribution in [3.63, 3.8) is 0 Å². The van der Waals surface area contributed by atoms with Gasteiger partial charge in [0.05, 0.1) is 30.9 Å². The minimum absolute atomic E-state index is 0.167. The highest BCUT2D eigenvalue weighted by Gasteiger charge is 2.33. The standard InChI is InChI=1S/C27H29N3O5S/c1-18-15-20(19(2)30(18)21-5-7-22(34-4)8-6-21)16-25-24-17-23(9-10-26(24)28(3)27(25)31)36(32,33)29-11-13-35-14-12-29/h5-10,15-17H,11-14H2,1-4H3. The highest BCUT2D eigenvalue weighted by atomic mass is 32.2. The molecule has 1 fully saturated rings. The summed E-state index contributed by atoms with van der Waals surface area (Å²) in [6, 6.07) is 14.7. The number of methoxy groups -OCH3 is 1.